The van der Waals surface area contributed by atoms with Crippen molar-refractivity contribution in [2.24, 2.45) is 5.92 Å². The molecule has 2 saturated heterocycles. The first-order chi connectivity index (χ1) is 25.4. The summed E-state index contributed by atoms with van der Waals surface area (Å²) >= 11 is 30.0. The van der Waals surface area contributed by atoms with E-state index >= 15 is 0 Å². The maximum Gasteiger partial charge on any atom is 0.147 e. The van der Waals surface area contributed by atoms with Gasteiger partial charge in [-0.25, -0.2) is 0 Å². The van der Waals surface area contributed by atoms with E-state index in [1.807, 2.05) is 0 Å². The van der Waals surface area contributed by atoms with E-state index in [0.29, 0.717) is 26.4 Å². The van der Waals surface area contributed by atoms with E-state index in [2.05, 4.69) is 211 Å². The number of halogens is 8. The van der Waals surface area contributed by atoms with Gasteiger partial charge in [0.25, 0.3) is 0 Å². The second-order valence-corrected chi connectivity index (χ2v) is 21.4. The van der Waals surface area contributed by atoms with Crippen LogP contribution < -0.4 is 18.9 Å². The van der Waals surface area contributed by atoms with Crippen LogP contribution in [-0.4, -0.2) is 51.8 Å². The third-order valence-electron chi connectivity index (χ3n) is 9.54. The second kappa shape index (κ2) is 18.0. The molecule has 4 aromatic carbocycles. The highest BCUT2D eigenvalue weighted by Crippen LogP contribution is 2.46. The third kappa shape index (κ3) is 10.3. The number of hydrogen-bond acceptors (Lipinski definition) is 6. The Hall–Kier alpha value is -0.160. The molecule has 0 aromatic heterocycles. The summed E-state index contributed by atoms with van der Waals surface area (Å²) in [5.41, 5.74) is 3.86. The first-order valence-electron chi connectivity index (χ1n) is 17.2. The summed E-state index contributed by atoms with van der Waals surface area (Å²) in [4.78, 5) is 0. The van der Waals surface area contributed by atoms with Crippen molar-refractivity contribution < 1.29 is 28.4 Å². The first-order valence-corrected chi connectivity index (χ1v) is 23.5. The highest BCUT2D eigenvalue weighted by molar-refractivity contribution is 9.12. The van der Waals surface area contributed by atoms with Gasteiger partial charge in [0.15, 0.2) is 0 Å². The topological polar surface area (TPSA) is 62.0 Å². The van der Waals surface area contributed by atoms with Gasteiger partial charge in [-0.15, -0.1) is 0 Å². The minimum Gasteiger partial charge on any atom is -0.491 e. The third-order valence-corrected chi connectivity index (χ3v) is 14.2. The number of benzene rings is 4. The van der Waals surface area contributed by atoms with Gasteiger partial charge in [-0.2, -0.15) is 0 Å². The zero-order valence-corrected chi connectivity index (χ0v) is 42.8. The minimum atomic E-state index is -0.321. The SMILES string of the molecule is CC(COc1c(Br)cc(C(C)(C)c2cc(Br)c(OCC3CO3)c(Br)c2)cc1Br)COc1c(Br)cc(C(C)(C)c2cc(Br)c(OCC3CO3)c(Br)c2)cc1Br. The van der Waals surface area contributed by atoms with Crippen molar-refractivity contribution in [1.82, 2.24) is 0 Å². The van der Waals surface area contributed by atoms with E-state index in [1.54, 1.807) is 0 Å². The Balaban J connectivity index is 1.08. The average molecular weight is 1250 g/mol. The van der Waals surface area contributed by atoms with Gasteiger partial charge in [-0.05, 0) is 198 Å². The maximum absolute atomic E-state index is 6.37. The molecule has 0 N–H and O–H groups in total. The van der Waals surface area contributed by atoms with E-state index in [9.17, 15) is 0 Å². The van der Waals surface area contributed by atoms with Crippen molar-refractivity contribution >= 4 is 127 Å². The molecule has 0 bridgehead atoms. The highest BCUT2D eigenvalue weighted by atomic mass is 79.9. The standard InChI is InChI=1S/C40H38Br8O6/c1-20(14-51-35-27(41)6-21(7-28(35)42)39(2,3)23-10-31(45)37(32(46)11-23)53-18-25-16-49-25)15-52-36-29(43)8-22(9-30(36)44)40(4,5)24-12-33(47)38(34(48)13-24)54-19-26-17-50-26/h6-13,20,25-26H,14-19H2,1-5H3. The summed E-state index contributed by atoms with van der Waals surface area (Å²) in [5.74, 6) is 3.15. The predicted molar refractivity (Wildman–Crippen MR) is 242 cm³/mol. The summed E-state index contributed by atoms with van der Waals surface area (Å²) in [6.07, 6.45) is 0.364. The molecule has 6 rings (SSSR count). The zero-order valence-electron chi connectivity index (χ0n) is 30.1. The monoisotopic (exact) mass is 1250 g/mol. The van der Waals surface area contributed by atoms with E-state index in [0.717, 1.165) is 94.2 Å². The lowest BCUT2D eigenvalue weighted by atomic mass is 9.78. The van der Waals surface area contributed by atoms with Gasteiger partial charge in [0, 0.05) is 16.7 Å². The molecule has 2 fully saturated rings. The van der Waals surface area contributed by atoms with E-state index < -0.39 is 0 Å². The molecule has 2 aliphatic heterocycles. The molecule has 2 aliphatic rings. The Bertz CT molecular complexity index is 1790. The molecule has 54 heavy (non-hydrogen) atoms. The maximum atomic E-state index is 6.37. The molecular formula is C40H38Br8O6. The fraction of sp³-hybridized carbons (Fsp3) is 0.400. The first kappa shape index (κ1) is 43.4. The van der Waals surface area contributed by atoms with Gasteiger partial charge in [-0.3, -0.25) is 0 Å². The number of epoxide rings is 2. The number of ether oxygens (including phenoxy) is 6. The van der Waals surface area contributed by atoms with Crippen LogP contribution in [0.15, 0.2) is 84.3 Å². The fourth-order valence-corrected chi connectivity index (χ4v) is 11.4. The van der Waals surface area contributed by atoms with E-state index in [4.69, 9.17) is 28.4 Å². The lowest BCUT2D eigenvalue weighted by Crippen LogP contribution is -2.21. The molecule has 0 saturated carbocycles. The molecular weight excluding hydrogens is 1220 g/mol. The van der Waals surface area contributed by atoms with Crippen molar-refractivity contribution in [1.29, 1.82) is 0 Å². The van der Waals surface area contributed by atoms with Crippen molar-refractivity contribution in [3.8, 4) is 23.0 Å². The number of rotatable bonds is 16. The van der Waals surface area contributed by atoms with Crippen molar-refractivity contribution in [2.45, 2.75) is 57.7 Å². The van der Waals surface area contributed by atoms with Crippen molar-refractivity contribution in [3.63, 3.8) is 0 Å². The van der Waals surface area contributed by atoms with E-state index in [-0.39, 0.29) is 29.0 Å². The van der Waals surface area contributed by atoms with Crippen LogP contribution in [0.2, 0.25) is 0 Å². The van der Waals surface area contributed by atoms with Gasteiger partial charge in [0.05, 0.1) is 62.2 Å². The van der Waals surface area contributed by atoms with Crippen LogP contribution in [0.25, 0.3) is 0 Å². The predicted octanol–water partition coefficient (Wildman–Crippen LogP) is 14.1. The zero-order chi connectivity index (χ0) is 39.1. The Labute approximate surface area is 384 Å². The minimum absolute atomic E-state index is 0.0960. The van der Waals surface area contributed by atoms with Crippen LogP contribution >= 0.6 is 127 Å². The molecule has 0 spiro atoms. The van der Waals surface area contributed by atoms with Crippen LogP contribution in [0, 0.1) is 5.92 Å². The van der Waals surface area contributed by atoms with Gasteiger partial charge >= 0.3 is 0 Å². The Kier molecular flexibility index (Phi) is 14.5. The van der Waals surface area contributed by atoms with Gasteiger partial charge in [0.1, 0.15) is 48.4 Å². The molecule has 2 unspecified atom stereocenters. The fourth-order valence-electron chi connectivity index (χ4n) is 5.75. The number of hydrogen-bond donors (Lipinski definition) is 0. The largest absolute Gasteiger partial charge is 0.491 e. The quantitative estimate of drug-likeness (QED) is 0.104. The second-order valence-electron chi connectivity index (χ2n) is 14.6. The van der Waals surface area contributed by atoms with Crippen LogP contribution in [-0.2, 0) is 20.3 Å². The van der Waals surface area contributed by atoms with Gasteiger partial charge in [0.2, 0.25) is 0 Å². The smallest absolute Gasteiger partial charge is 0.147 e. The molecule has 4 aromatic rings. The molecule has 0 radical (unpaired) electrons. The lowest BCUT2D eigenvalue weighted by molar-refractivity contribution is 0.185. The molecule has 0 aliphatic carbocycles. The molecule has 2 heterocycles. The highest BCUT2D eigenvalue weighted by Gasteiger charge is 2.31. The summed E-state index contributed by atoms with van der Waals surface area (Å²) in [6, 6.07) is 17.0. The van der Waals surface area contributed by atoms with Crippen LogP contribution in [0.1, 0.15) is 56.9 Å². The van der Waals surface area contributed by atoms with Crippen molar-refractivity contribution in [3.05, 3.63) is 107 Å². The molecule has 290 valence electrons. The Morgan fingerprint density at radius 1 is 0.481 bits per heavy atom. The summed E-state index contributed by atoms with van der Waals surface area (Å²) in [6.45, 7) is 14.4. The average Bonchev–Trinajstić information content (AvgIpc) is 4.03. The Morgan fingerprint density at radius 2 is 0.704 bits per heavy atom. The van der Waals surface area contributed by atoms with Crippen LogP contribution in [0.5, 0.6) is 23.0 Å². The summed E-state index contributed by atoms with van der Waals surface area (Å²) < 4.78 is 42.4. The molecule has 2 atom stereocenters. The van der Waals surface area contributed by atoms with Crippen LogP contribution in [0.4, 0.5) is 0 Å². The molecule has 14 heteroatoms. The Morgan fingerprint density at radius 3 is 0.926 bits per heavy atom. The van der Waals surface area contributed by atoms with Crippen molar-refractivity contribution in [2.75, 3.05) is 39.6 Å². The van der Waals surface area contributed by atoms with Gasteiger partial charge in [-0.1, -0.05) is 34.6 Å². The molecule has 6 nitrogen and oxygen atoms in total. The lowest BCUT2D eigenvalue weighted by Gasteiger charge is -2.29. The van der Waals surface area contributed by atoms with Crippen LogP contribution in [0.3, 0.4) is 0 Å². The summed E-state index contributed by atoms with van der Waals surface area (Å²) in [5, 5.41) is 0. The summed E-state index contributed by atoms with van der Waals surface area (Å²) in [7, 11) is 0. The normalized spacial score (nSPS) is 17.3. The van der Waals surface area contributed by atoms with Gasteiger partial charge < -0.3 is 28.4 Å². The molecule has 0 amide bonds. The van der Waals surface area contributed by atoms with E-state index in [1.165, 1.54) is 0 Å².